The van der Waals surface area contributed by atoms with E-state index in [1.165, 1.54) is 4.68 Å². The number of carbonyl (C=O) groups is 1. The number of hydrogen-bond acceptors (Lipinski definition) is 7. The molecule has 9 nitrogen and oxygen atoms in total. The molecule has 208 valence electrons. The molecule has 3 heterocycles. The first-order chi connectivity index (χ1) is 18.7. The van der Waals surface area contributed by atoms with Crippen molar-refractivity contribution in [2.45, 2.75) is 37.9 Å². The van der Waals surface area contributed by atoms with Crippen molar-refractivity contribution >= 4 is 33.5 Å². The van der Waals surface area contributed by atoms with E-state index in [2.05, 4.69) is 32.9 Å². The fourth-order valence-corrected chi connectivity index (χ4v) is 6.30. The summed E-state index contributed by atoms with van der Waals surface area (Å²) in [5.74, 6) is 0.887. The monoisotopic (exact) mass is 596 g/mol. The molecule has 0 aliphatic carbocycles. The Balaban J connectivity index is 1.44. The zero-order valence-corrected chi connectivity index (χ0v) is 24.0. The smallest absolute Gasteiger partial charge is 0.233 e. The molecule has 0 saturated carbocycles. The van der Waals surface area contributed by atoms with Gasteiger partial charge in [0.05, 0.1) is 35.3 Å². The highest BCUT2D eigenvalue weighted by atomic mass is 79.9. The number of carbonyl (C=O) groups excluding carboxylic acids is 1. The SMILES string of the molecule is CCC(C1CCN(C(=O)C(C)(CO)CO)CC1)C(Br)C(=N)n1ncc(-c2ccc(-c3ccccc3)nc2)c1N. The average molecular weight is 598 g/mol. The van der Waals surface area contributed by atoms with Crippen LogP contribution in [-0.2, 0) is 4.79 Å². The lowest BCUT2D eigenvalue weighted by atomic mass is 9.79. The fourth-order valence-electron chi connectivity index (χ4n) is 5.30. The standard InChI is InChI=1S/C29H37BrN6O3/c1-3-22(19-11-13-35(14-12-19)28(39)29(2,17-37)18-38)25(30)27(32)36-26(31)23(16-34-36)21-9-10-24(33-15-21)20-7-5-4-6-8-20/h4-10,15-16,19,22,25,32,37-38H,3,11-14,17-18,31H2,1-2H3. The van der Waals surface area contributed by atoms with Crippen LogP contribution in [0.25, 0.3) is 22.4 Å². The second-order valence-electron chi connectivity index (χ2n) is 10.5. The summed E-state index contributed by atoms with van der Waals surface area (Å²) < 4.78 is 1.48. The third-order valence-corrected chi connectivity index (χ3v) is 9.05. The maximum absolute atomic E-state index is 12.8. The molecule has 1 amide bonds. The number of anilines is 1. The van der Waals surface area contributed by atoms with E-state index in [-0.39, 0.29) is 35.7 Å². The van der Waals surface area contributed by atoms with Gasteiger partial charge in [0.2, 0.25) is 5.91 Å². The van der Waals surface area contributed by atoms with Gasteiger partial charge in [-0.1, -0.05) is 65.7 Å². The number of benzene rings is 1. The molecule has 2 unspecified atom stereocenters. The van der Waals surface area contributed by atoms with Crippen molar-refractivity contribution in [1.82, 2.24) is 19.7 Å². The molecular formula is C29H37BrN6O3. The highest BCUT2D eigenvalue weighted by Gasteiger charge is 2.39. The van der Waals surface area contributed by atoms with Crippen molar-refractivity contribution in [1.29, 1.82) is 5.41 Å². The Morgan fingerprint density at radius 1 is 1.13 bits per heavy atom. The van der Waals surface area contributed by atoms with E-state index in [4.69, 9.17) is 11.1 Å². The maximum atomic E-state index is 12.8. The van der Waals surface area contributed by atoms with E-state index in [9.17, 15) is 15.0 Å². The van der Waals surface area contributed by atoms with E-state index in [0.717, 1.165) is 41.6 Å². The number of aromatic nitrogens is 3. The normalized spacial score (nSPS) is 16.2. The van der Waals surface area contributed by atoms with Gasteiger partial charge in [-0.3, -0.25) is 15.2 Å². The first kappa shape index (κ1) is 28.9. The lowest BCUT2D eigenvalue weighted by Crippen LogP contribution is -2.50. The topological polar surface area (TPSA) is 141 Å². The van der Waals surface area contributed by atoms with Crippen LogP contribution in [0.15, 0.2) is 54.9 Å². The van der Waals surface area contributed by atoms with Crippen LogP contribution in [0.4, 0.5) is 5.82 Å². The van der Waals surface area contributed by atoms with Gasteiger partial charge in [0, 0.05) is 36.0 Å². The van der Waals surface area contributed by atoms with E-state index in [0.29, 0.717) is 24.8 Å². The number of pyridine rings is 1. The highest BCUT2D eigenvalue weighted by molar-refractivity contribution is 9.10. The molecule has 1 fully saturated rings. The predicted molar refractivity (Wildman–Crippen MR) is 157 cm³/mol. The average Bonchev–Trinajstić information content (AvgIpc) is 3.38. The molecule has 2 aromatic heterocycles. The van der Waals surface area contributed by atoms with E-state index < -0.39 is 5.41 Å². The Labute approximate surface area is 237 Å². The molecule has 2 atom stereocenters. The number of nitrogen functional groups attached to an aromatic ring is 1. The van der Waals surface area contributed by atoms with Gasteiger partial charge in [-0.2, -0.15) is 5.10 Å². The summed E-state index contributed by atoms with van der Waals surface area (Å²) in [6, 6.07) is 13.9. The van der Waals surface area contributed by atoms with Crippen LogP contribution in [0, 0.1) is 22.7 Å². The quantitative estimate of drug-likeness (QED) is 0.167. The number of nitrogens with two attached hydrogens (primary N) is 1. The van der Waals surface area contributed by atoms with Gasteiger partial charge < -0.3 is 20.8 Å². The van der Waals surface area contributed by atoms with Crippen molar-refractivity contribution in [3.63, 3.8) is 0 Å². The lowest BCUT2D eigenvalue weighted by Gasteiger charge is -2.40. The Morgan fingerprint density at radius 3 is 2.36 bits per heavy atom. The minimum absolute atomic E-state index is 0.149. The van der Waals surface area contributed by atoms with Crippen LogP contribution in [0.3, 0.4) is 0 Å². The summed E-state index contributed by atoms with van der Waals surface area (Å²) in [6.07, 6.45) is 5.86. The largest absolute Gasteiger partial charge is 0.395 e. The molecule has 1 aromatic carbocycles. The number of aliphatic hydroxyl groups excluding tert-OH is 2. The van der Waals surface area contributed by atoms with Gasteiger partial charge in [-0.25, -0.2) is 4.68 Å². The second-order valence-corrected chi connectivity index (χ2v) is 11.5. The number of nitrogens with one attached hydrogen (secondary N) is 1. The number of amides is 1. The van der Waals surface area contributed by atoms with Crippen LogP contribution in [0.2, 0.25) is 0 Å². The summed E-state index contributed by atoms with van der Waals surface area (Å²) in [5.41, 5.74) is 8.79. The van der Waals surface area contributed by atoms with E-state index in [1.807, 2.05) is 42.5 Å². The maximum Gasteiger partial charge on any atom is 0.233 e. The van der Waals surface area contributed by atoms with Gasteiger partial charge in [-0.15, -0.1) is 0 Å². The zero-order chi connectivity index (χ0) is 28.2. The molecule has 4 rings (SSSR count). The van der Waals surface area contributed by atoms with Crippen molar-refractivity contribution in [3.05, 3.63) is 54.9 Å². The Morgan fingerprint density at radius 2 is 1.79 bits per heavy atom. The number of halogens is 1. The minimum atomic E-state index is -1.16. The summed E-state index contributed by atoms with van der Waals surface area (Å²) in [7, 11) is 0. The summed E-state index contributed by atoms with van der Waals surface area (Å²) >= 11 is 3.78. The van der Waals surface area contributed by atoms with Gasteiger partial charge in [0.15, 0.2) is 0 Å². The van der Waals surface area contributed by atoms with Crippen LogP contribution in [0.1, 0.15) is 33.1 Å². The summed E-state index contributed by atoms with van der Waals surface area (Å²) in [4.78, 5) is 18.9. The van der Waals surface area contributed by atoms with Crippen LogP contribution in [-0.4, -0.2) is 72.8 Å². The number of likely N-dealkylation sites (tertiary alicyclic amines) is 1. The summed E-state index contributed by atoms with van der Waals surface area (Å²) in [6.45, 7) is 4.03. The highest BCUT2D eigenvalue weighted by Crippen LogP contribution is 2.36. The molecule has 5 N–H and O–H groups in total. The molecule has 0 bridgehead atoms. The molecule has 39 heavy (non-hydrogen) atoms. The van der Waals surface area contributed by atoms with Gasteiger partial charge in [-0.05, 0) is 37.7 Å². The first-order valence-electron chi connectivity index (χ1n) is 13.3. The minimum Gasteiger partial charge on any atom is -0.395 e. The molecule has 1 saturated heterocycles. The second kappa shape index (κ2) is 12.4. The number of alkyl halides is 1. The molecule has 10 heteroatoms. The molecule has 0 spiro atoms. The Hall–Kier alpha value is -3.08. The molecule has 1 aliphatic rings. The van der Waals surface area contributed by atoms with E-state index in [1.54, 1.807) is 24.2 Å². The Bertz CT molecular complexity index is 1270. The first-order valence-corrected chi connectivity index (χ1v) is 14.2. The van der Waals surface area contributed by atoms with Crippen LogP contribution in [0.5, 0.6) is 0 Å². The van der Waals surface area contributed by atoms with Crippen molar-refractivity contribution in [2.75, 3.05) is 32.0 Å². The lowest BCUT2D eigenvalue weighted by molar-refractivity contribution is -0.147. The third-order valence-electron chi connectivity index (χ3n) is 7.93. The number of aliphatic hydroxyl groups is 2. The predicted octanol–water partition coefficient (Wildman–Crippen LogP) is 4.04. The molecule has 3 aromatic rings. The van der Waals surface area contributed by atoms with Crippen molar-refractivity contribution in [2.24, 2.45) is 17.3 Å². The van der Waals surface area contributed by atoms with Crippen LogP contribution >= 0.6 is 15.9 Å². The van der Waals surface area contributed by atoms with Gasteiger partial charge >= 0.3 is 0 Å². The zero-order valence-electron chi connectivity index (χ0n) is 22.4. The Kier molecular flexibility index (Phi) is 9.19. The fraction of sp³-hybridized carbons (Fsp3) is 0.448. The van der Waals surface area contributed by atoms with E-state index >= 15 is 0 Å². The third kappa shape index (κ3) is 5.92. The van der Waals surface area contributed by atoms with Gasteiger partial charge in [0.1, 0.15) is 11.7 Å². The number of nitrogens with zero attached hydrogens (tertiary/aromatic N) is 4. The molecular weight excluding hydrogens is 560 g/mol. The van der Waals surface area contributed by atoms with Crippen molar-refractivity contribution < 1.29 is 15.0 Å². The summed E-state index contributed by atoms with van der Waals surface area (Å²) in [5, 5.41) is 32.6. The molecule has 0 radical (unpaired) electrons. The number of hydrogen-bond donors (Lipinski definition) is 4. The number of rotatable bonds is 9. The molecule has 1 aliphatic heterocycles. The number of piperidine rings is 1. The van der Waals surface area contributed by atoms with Crippen molar-refractivity contribution in [3.8, 4) is 22.4 Å². The van der Waals surface area contributed by atoms with Crippen LogP contribution < -0.4 is 5.73 Å². The van der Waals surface area contributed by atoms with Gasteiger partial charge in [0.25, 0.3) is 0 Å².